The maximum atomic E-state index is 3.58. The first kappa shape index (κ1) is 10.6. The second-order valence-corrected chi connectivity index (χ2v) is 6.06. The molecule has 1 aliphatic rings. The van der Waals surface area contributed by atoms with Crippen molar-refractivity contribution < 1.29 is 0 Å². The van der Waals surface area contributed by atoms with E-state index in [1.165, 1.54) is 38.1 Å². The zero-order valence-corrected chi connectivity index (χ0v) is 12.1. The van der Waals surface area contributed by atoms with Crippen molar-refractivity contribution in [3.8, 4) is 0 Å². The van der Waals surface area contributed by atoms with Crippen LogP contribution in [-0.4, -0.2) is 4.40 Å². The fraction of sp³-hybridized carbons (Fsp3) is 0. The Morgan fingerprint density at radius 2 is 1.80 bits per heavy atom. The lowest BCUT2D eigenvalue weighted by Gasteiger charge is -1.95. The van der Waals surface area contributed by atoms with Crippen molar-refractivity contribution in [2.24, 2.45) is 0 Å². The van der Waals surface area contributed by atoms with Crippen LogP contribution in [0.2, 0.25) is 0 Å². The molecule has 1 aliphatic carbocycles. The second-order valence-electron chi connectivity index (χ2n) is 5.15. The molecule has 2 heterocycles. The summed E-state index contributed by atoms with van der Waals surface area (Å²) in [5, 5.41) is 3.85. The van der Waals surface area contributed by atoms with Gasteiger partial charge in [0, 0.05) is 10.5 Å². The van der Waals surface area contributed by atoms with Crippen molar-refractivity contribution in [1.82, 2.24) is 4.40 Å². The SMILES string of the molecule is Brc1ccc2c(c1)c1c3c(c4ccccc4n32)C=[C+]C=1. The Bertz CT molecular complexity index is 1100. The Morgan fingerprint density at radius 1 is 0.950 bits per heavy atom. The third-order valence-corrected chi connectivity index (χ3v) is 4.61. The first-order valence-electron chi connectivity index (χ1n) is 6.58. The standard InChI is InChI=1S/C18H9BrN/c19-11-8-9-17-15(10-11)14-6-3-5-13-12-4-1-2-7-16(12)20(17)18(13)14/h1-2,4-10H/q+1. The van der Waals surface area contributed by atoms with Gasteiger partial charge in [-0.2, -0.15) is 0 Å². The van der Waals surface area contributed by atoms with Gasteiger partial charge in [0.2, 0.25) is 0 Å². The molecule has 0 N–H and O–H groups in total. The van der Waals surface area contributed by atoms with Crippen LogP contribution in [0.15, 0.2) is 46.9 Å². The molecule has 2 aromatic heterocycles. The molecule has 0 bridgehead atoms. The minimum absolute atomic E-state index is 1.11. The Morgan fingerprint density at radius 3 is 2.75 bits per heavy atom. The summed E-state index contributed by atoms with van der Waals surface area (Å²) in [4.78, 5) is 0. The third-order valence-electron chi connectivity index (χ3n) is 4.11. The molecule has 0 saturated carbocycles. The number of nitrogens with zero attached hydrogens (tertiary/aromatic N) is 1. The molecule has 0 amide bonds. The average Bonchev–Trinajstić information content (AvgIpc) is 2.98. The maximum absolute atomic E-state index is 3.58. The summed E-state index contributed by atoms with van der Waals surface area (Å²) in [5.74, 6) is 0. The molecule has 0 aliphatic heterocycles. The van der Waals surface area contributed by atoms with E-state index < -0.39 is 0 Å². The molecule has 92 valence electrons. The Labute approximate surface area is 123 Å². The number of benzene rings is 2. The van der Waals surface area contributed by atoms with Gasteiger partial charge in [-0.1, -0.05) is 28.1 Å². The van der Waals surface area contributed by atoms with Crippen LogP contribution < -0.4 is 5.22 Å². The van der Waals surface area contributed by atoms with Crippen LogP contribution in [0.3, 0.4) is 0 Å². The number of fused-ring (bicyclic) bond motifs is 6. The quantitative estimate of drug-likeness (QED) is 0.425. The summed E-state index contributed by atoms with van der Waals surface area (Å²) in [6.07, 6.45) is 7.49. The lowest BCUT2D eigenvalue weighted by molar-refractivity contribution is 1.36. The summed E-state index contributed by atoms with van der Waals surface area (Å²) in [6, 6.07) is 15.1. The van der Waals surface area contributed by atoms with Crippen molar-refractivity contribution in [1.29, 1.82) is 0 Å². The third kappa shape index (κ3) is 1.12. The van der Waals surface area contributed by atoms with Gasteiger partial charge in [-0.25, -0.2) is 0 Å². The van der Waals surface area contributed by atoms with Gasteiger partial charge in [0.05, 0.1) is 21.8 Å². The van der Waals surface area contributed by atoms with E-state index in [0.29, 0.717) is 0 Å². The van der Waals surface area contributed by atoms with Gasteiger partial charge in [-0.15, -0.1) is 0 Å². The highest BCUT2D eigenvalue weighted by molar-refractivity contribution is 9.10. The van der Waals surface area contributed by atoms with Crippen LogP contribution in [0.4, 0.5) is 0 Å². The topological polar surface area (TPSA) is 4.41 Å². The summed E-state index contributed by atoms with van der Waals surface area (Å²) < 4.78 is 3.48. The largest absolute Gasteiger partial charge is 0.284 e. The van der Waals surface area contributed by atoms with Gasteiger partial charge in [0.25, 0.3) is 0 Å². The van der Waals surface area contributed by atoms with Crippen LogP contribution in [-0.2, 0) is 0 Å². The highest BCUT2D eigenvalue weighted by Crippen LogP contribution is 2.32. The van der Waals surface area contributed by atoms with Gasteiger partial charge < -0.3 is 0 Å². The molecule has 0 saturated heterocycles. The highest BCUT2D eigenvalue weighted by atomic mass is 79.9. The van der Waals surface area contributed by atoms with Crippen LogP contribution in [0.25, 0.3) is 39.5 Å². The predicted molar refractivity (Wildman–Crippen MR) is 87.5 cm³/mol. The smallest absolute Gasteiger partial charge is 0.176 e. The molecule has 0 spiro atoms. The number of rotatable bonds is 0. The van der Waals surface area contributed by atoms with Gasteiger partial charge in [-0.3, -0.25) is 4.40 Å². The number of hydrogen-bond acceptors (Lipinski definition) is 0. The van der Waals surface area contributed by atoms with E-state index in [1.54, 1.807) is 0 Å². The second kappa shape index (κ2) is 3.49. The molecule has 2 heteroatoms. The average molecular weight is 319 g/mol. The normalized spacial score (nSPS) is 13.1. The van der Waals surface area contributed by atoms with Gasteiger partial charge in [0.1, 0.15) is 22.9 Å². The monoisotopic (exact) mass is 318 g/mol. The molecule has 1 nitrogen and oxygen atoms in total. The van der Waals surface area contributed by atoms with E-state index in [0.717, 1.165) is 4.47 Å². The van der Waals surface area contributed by atoms with Crippen LogP contribution in [0, 0.1) is 6.08 Å². The first-order chi connectivity index (χ1) is 9.84. The Balaban J connectivity index is 2.25. The minimum Gasteiger partial charge on any atom is -0.284 e. The van der Waals surface area contributed by atoms with Crippen LogP contribution in [0.5, 0.6) is 0 Å². The van der Waals surface area contributed by atoms with Gasteiger partial charge in [0.15, 0.2) is 5.52 Å². The van der Waals surface area contributed by atoms with E-state index in [2.05, 4.69) is 81.0 Å². The lowest BCUT2D eigenvalue weighted by Crippen LogP contribution is -2.00. The van der Waals surface area contributed by atoms with Crippen LogP contribution >= 0.6 is 15.9 Å². The summed E-state index contributed by atoms with van der Waals surface area (Å²) in [5.41, 5.74) is 5.11. The number of aromatic nitrogens is 1. The first-order valence-corrected chi connectivity index (χ1v) is 7.37. The summed E-state index contributed by atoms with van der Waals surface area (Å²) >= 11 is 3.58. The molecule has 2 aromatic carbocycles. The van der Waals surface area contributed by atoms with E-state index in [-0.39, 0.29) is 0 Å². The van der Waals surface area contributed by atoms with E-state index in [4.69, 9.17) is 0 Å². The summed E-state index contributed by atoms with van der Waals surface area (Å²) in [6.45, 7) is 0. The van der Waals surface area contributed by atoms with Crippen LogP contribution in [0.1, 0.15) is 5.56 Å². The minimum atomic E-state index is 1.11. The predicted octanol–water partition coefficient (Wildman–Crippen LogP) is 4.34. The van der Waals surface area contributed by atoms with E-state index >= 15 is 0 Å². The van der Waals surface area contributed by atoms with Gasteiger partial charge >= 0.3 is 0 Å². The number of para-hydroxylation sites is 1. The molecular weight excluding hydrogens is 310 g/mol. The molecular formula is C18H9BrN+. The molecule has 4 aromatic rings. The van der Waals surface area contributed by atoms with Crippen molar-refractivity contribution in [2.75, 3.05) is 0 Å². The number of hydrogen-bond donors (Lipinski definition) is 0. The Hall–Kier alpha value is -2.15. The fourth-order valence-electron chi connectivity index (χ4n) is 3.33. The van der Waals surface area contributed by atoms with Crippen molar-refractivity contribution in [3.05, 3.63) is 63.8 Å². The fourth-order valence-corrected chi connectivity index (χ4v) is 3.69. The van der Waals surface area contributed by atoms with E-state index in [9.17, 15) is 0 Å². The molecule has 0 unspecified atom stereocenters. The van der Waals surface area contributed by atoms with E-state index in [1.807, 2.05) is 0 Å². The van der Waals surface area contributed by atoms with Gasteiger partial charge in [-0.05, 0) is 30.3 Å². The summed E-state index contributed by atoms with van der Waals surface area (Å²) in [7, 11) is 0. The molecule has 0 radical (unpaired) electrons. The number of allylic oxidation sites excluding steroid dienone is 1. The maximum Gasteiger partial charge on any atom is 0.176 e. The lowest BCUT2D eigenvalue weighted by atomic mass is 10.1. The molecule has 0 fully saturated rings. The van der Waals surface area contributed by atoms with Crippen molar-refractivity contribution >= 4 is 55.4 Å². The molecule has 0 atom stereocenters. The molecule has 5 rings (SSSR count). The number of halogens is 1. The van der Waals surface area contributed by atoms with Crippen molar-refractivity contribution in [2.45, 2.75) is 0 Å². The zero-order valence-electron chi connectivity index (χ0n) is 10.5. The molecule has 20 heavy (non-hydrogen) atoms. The van der Waals surface area contributed by atoms with Crippen molar-refractivity contribution in [3.63, 3.8) is 0 Å². The zero-order chi connectivity index (χ0) is 13.3. The Kier molecular flexibility index (Phi) is 1.85. The highest BCUT2D eigenvalue weighted by Gasteiger charge is 2.24.